The number of rotatable bonds is 7. The van der Waals surface area contributed by atoms with Crippen LogP contribution in [-0.4, -0.2) is 31.1 Å². The molecule has 0 saturated heterocycles. The molecular weight excluding hydrogens is 227 g/mol. The van der Waals surface area contributed by atoms with Gasteiger partial charge in [0, 0.05) is 12.1 Å². The Balaban J connectivity index is 2.27. The molecule has 1 aromatic carbocycles. The number of hydrogen-bond acceptors (Lipinski definition) is 2. The Hall–Kier alpha value is -0.930. The van der Waals surface area contributed by atoms with Gasteiger partial charge in [-0.15, -0.1) is 0 Å². The molecule has 1 unspecified atom stereocenters. The number of hydrogen-bond donors (Lipinski definition) is 1. The molecule has 1 atom stereocenters. The third kappa shape index (κ3) is 5.15. The molecule has 0 aliphatic carbocycles. The summed E-state index contributed by atoms with van der Waals surface area (Å²) in [5.74, 6) is -0.166. The fourth-order valence-corrected chi connectivity index (χ4v) is 1.80. The third-order valence-electron chi connectivity index (χ3n) is 3.37. The molecule has 3 heteroatoms. The van der Waals surface area contributed by atoms with Crippen molar-refractivity contribution < 1.29 is 4.39 Å². The molecule has 0 amide bonds. The van der Waals surface area contributed by atoms with Gasteiger partial charge in [-0.1, -0.05) is 12.1 Å². The number of benzene rings is 1. The lowest BCUT2D eigenvalue weighted by molar-refractivity contribution is 0.268. The van der Waals surface area contributed by atoms with Gasteiger partial charge >= 0.3 is 0 Å². The molecule has 0 saturated carbocycles. The lowest BCUT2D eigenvalue weighted by Gasteiger charge is -2.21. The van der Waals surface area contributed by atoms with Crippen LogP contribution in [0.1, 0.15) is 38.8 Å². The van der Waals surface area contributed by atoms with Crippen molar-refractivity contribution in [3.8, 4) is 0 Å². The van der Waals surface area contributed by atoms with Crippen molar-refractivity contribution in [1.82, 2.24) is 10.2 Å². The van der Waals surface area contributed by atoms with E-state index in [-0.39, 0.29) is 11.9 Å². The quantitative estimate of drug-likeness (QED) is 0.750. The molecule has 0 aliphatic rings. The molecule has 18 heavy (non-hydrogen) atoms. The van der Waals surface area contributed by atoms with Crippen LogP contribution in [0.4, 0.5) is 4.39 Å². The molecule has 0 aliphatic heterocycles. The van der Waals surface area contributed by atoms with Crippen LogP contribution in [0.3, 0.4) is 0 Å². The Labute approximate surface area is 110 Å². The van der Waals surface area contributed by atoms with Gasteiger partial charge in [0.15, 0.2) is 0 Å². The van der Waals surface area contributed by atoms with Gasteiger partial charge < -0.3 is 10.2 Å². The SMILES string of the molecule is CC(NCCCN(C)C(C)C)c1cccc(F)c1. The molecule has 1 N–H and O–H groups in total. The van der Waals surface area contributed by atoms with Gasteiger partial charge in [0.05, 0.1) is 0 Å². The Kier molecular flexibility index (Phi) is 6.30. The van der Waals surface area contributed by atoms with Gasteiger partial charge in [-0.25, -0.2) is 4.39 Å². The average molecular weight is 252 g/mol. The summed E-state index contributed by atoms with van der Waals surface area (Å²) in [6.07, 6.45) is 1.11. The molecule has 2 nitrogen and oxygen atoms in total. The molecule has 1 aromatic rings. The average Bonchev–Trinajstić information content (AvgIpc) is 2.33. The first-order valence-corrected chi connectivity index (χ1v) is 6.69. The zero-order valence-electron chi connectivity index (χ0n) is 11.9. The van der Waals surface area contributed by atoms with E-state index < -0.39 is 0 Å². The molecule has 0 radical (unpaired) electrons. The van der Waals surface area contributed by atoms with Gasteiger partial charge in [-0.2, -0.15) is 0 Å². The number of halogens is 1. The molecule has 0 heterocycles. The summed E-state index contributed by atoms with van der Waals surface area (Å²) in [7, 11) is 2.14. The molecule has 0 bridgehead atoms. The fraction of sp³-hybridized carbons (Fsp3) is 0.600. The van der Waals surface area contributed by atoms with Crippen molar-refractivity contribution >= 4 is 0 Å². The van der Waals surface area contributed by atoms with Crippen LogP contribution in [0.15, 0.2) is 24.3 Å². The first-order valence-electron chi connectivity index (χ1n) is 6.69. The highest BCUT2D eigenvalue weighted by Crippen LogP contribution is 2.13. The second kappa shape index (κ2) is 7.49. The second-order valence-corrected chi connectivity index (χ2v) is 5.16. The van der Waals surface area contributed by atoms with Crippen molar-refractivity contribution in [3.63, 3.8) is 0 Å². The van der Waals surface area contributed by atoms with Crippen LogP contribution < -0.4 is 5.32 Å². The standard InChI is InChI=1S/C15H25FN2/c1-12(2)18(4)10-6-9-17-13(3)14-7-5-8-15(16)11-14/h5,7-8,11-13,17H,6,9-10H2,1-4H3. The Morgan fingerprint density at radius 2 is 2.00 bits per heavy atom. The van der Waals surface area contributed by atoms with Gasteiger partial charge in [0.1, 0.15) is 5.82 Å². The highest BCUT2D eigenvalue weighted by atomic mass is 19.1. The maximum Gasteiger partial charge on any atom is 0.123 e. The molecule has 0 fully saturated rings. The molecule has 0 aromatic heterocycles. The molecular formula is C15H25FN2. The number of nitrogens with zero attached hydrogens (tertiary/aromatic N) is 1. The van der Waals surface area contributed by atoms with E-state index in [1.165, 1.54) is 6.07 Å². The monoisotopic (exact) mass is 252 g/mol. The molecule has 1 rings (SSSR count). The summed E-state index contributed by atoms with van der Waals surface area (Å²) in [5, 5.41) is 3.43. The zero-order chi connectivity index (χ0) is 13.5. The number of nitrogens with one attached hydrogen (secondary N) is 1. The highest BCUT2D eigenvalue weighted by Gasteiger charge is 2.06. The fourth-order valence-electron chi connectivity index (χ4n) is 1.80. The second-order valence-electron chi connectivity index (χ2n) is 5.16. The third-order valence-corrected chi connectivity index (χ3v) is 3.37. The van der Waals surface area contributed by atoms with E-state index in [1.54, 1.807) is 12.1 Å². The van der Waals surface area contributed by atoms with Crippen LogP contribution >= 0.6 is 0 Å². The van der Waals surface area contributed by atoms with E-state index in [4.69, 9.17) is 0 Å². The maximum atomic E-state index is 13.1. The van der Waals surface area contributed by atoms with Crippen LogP contribution in [0.5, 0.6) is 0 Å². The summed E-state index contributed by atoms with van der Waals surface area (Å²) in [6.45, 7) is 8.50. The van der Waals surface area contributed by atoms with Crippen LogP contribution in [0.25, 0.3) is 0 Å². The lowest BCUT2D eigenvalue weighted by atomic mass is 10.1. The Morgan fingerprint density at radius 3 is 2.61 bits per heavy atom. The minimum atomic E-state index is -0.166. The predicted octanol–water partition coefficient (Wildman–Crippen LogP) is 3.21. The molecule has 0 spiro atoms. The smallest absolute Gasteiger partial charge is 0.123 e. The van der Waals surface area contributed by atoms with Gasteiger partial charge in [0.25, 0.3) is 0 Å². The van der Waals surface area contributed by atoms with Gasteiger partial charge in [-0.3, -0.25) is 0 Å². The molecule has 102 valence electrons. The van der Waals surface area contributed by atoms with E-state index in [0.717, 1.165) is 25.1 Å². The maximum absolute atomic E-state index is 13.1. The van der Waals surface area contributed by atoms with Crippen molar-refractivity contribution in [1.29, 1.82) is 0 Å². The highest BCUT2D eigenvalue weighted by molar-refractivity contribution is 5.19. The van der Waals surface area contributed by atoms with Crippen LogP contribution in [0, 0.1) is 5.82 Å². The minimum Gasteiger partial charge on any atom is -0.310 e. The van der Waals surface area contributed by atoms with Crippen LogP contribution in [0.2, 0.25) is 0 Å². The van der Waals surface area contributed by atoms with E-state index in [0.29, 0.717) is 6.04 Å². The summed E-state index contributed by atoms with van der Waals surface area (Å²) in [6, 6.07) is 7.58. The van der Waals surface area contributed by atoms with E-state index >= 15 is 0 Å². The van der Waals surface area contributed by atoms with Crippen LogP contribution in [-0.2, 0) is 0 Å². The van der Waals surface area contributed by atoms with Gasteiger partial charge in [-0.05, 0) is 65.0 Å². The van der Waals surface area contributed by atoms with Crippen molar-refractivity contribution in [2.75, 3.05) is 20.1 Å². The largest absolute Gasteiger partial charge is 0.310 e. The first-order chi connectivity index (χ1) is 8.50. The van der Waals surface area contributed by atoms with Gasteiger partial charge in [0.2, 0.25) is 0 Å². The van der Waals surface area contributed by atoms with E-state index in [2.05, 4.69) is 38.0 Å². The predicted molar refractivity (Wildman–Crippen MR) is 75.2 cm³/mol. The topological polar surface area (TPSA) is 15.3 Å². The normalized spacial score (nSPS) is 13.3. The minimum absolute atomic E-state index is 0.166. The summed E-state index contributed by atoms with van der Waals surface area (Å²) in [4.78, 5) is 2.33. The summed E-state index contributed by atoms with van der Waals surface area (Å²) >= 11 is 0. The van der Waals surface area contributed by atoms with E-state index in [1.807, 2.05) is 6.07 Å². The summed E-state index contributed by atoms with van der Waals surface area (Å²) in [5.41, 5.74) is 1.01. The van der Waals surface area contributed by atoms with Crippen molar-refractivity contribution in [2.24, 2.45) is 0 Å². The lowest BCUT2D eigenvalue weighted by Crippen LogP contribution is -2.30. The Bertz CT molecular complexity index is 352. The van der Waals surface area contributed by atoms with E-state index in [9.17, 15) is 4.39 Å². The van der Waals surface area contributed by atoms with Crippen molar-refractivity contribution in [2.45, 2.75) is 39.3 Å². The Morgan fingerprint density at radius 1 is 1.28 bits per heavy atom. The zero-order valence-corrected chi connectivity index (χ0v) is 11.9. The van der Waals surface area contributed by atoms with Crippen molar-refractivity contribution in [3.05, 3.63) is 35.6 Å². The summed E-state index contributed by atoms with van der Waals surface area (Å²) < 4.78 is 13.1. The first kappa shape index (κ1) is 15.1.